The zero-order valence-electron chi connectivity index (χ0n) is 47.1. The molecule has 0 bridgehead atoms. The van der Waals surface area contributed by atoms with Gasteiger partial charge in [0.25, 0.3) is 0 Å². The lowest BCUT2D eigenvalue weighted by atomic mass is 10.0. The molecule has 1 aliphatic carbocycles. The number of benzene rings is 2. The van der Waals surface area contributed by atoms with Gasteiger partial charge in [-0.15, -0.1) is 0 Å². The number of para-hydroxylation sites is 1. The van der Waals surface area contributed by atoms with Gasteiger partial charge in [0.2, 0.25) is 0 Å². The molecular weight excluding hydrogens is 975 g/mol. The van der Waals surface area contributed by atoms with Crippen LogP contribution in [0.15, 0.2) is 73.2 Å². The van der Waals surface area contributed by atoms with Gasteiger partial charge in [-0.25, -0.2) is 29.1 Å². The van der Waals surface area contributed by atoms with Crippen LogP contribution < -0.4 is 15.0 Å². The van der Waals surface area contributed by atoms with Crippen LogP contribution in [-0.2, 0) is 39.8 Å². The molecule has 18 nitrogen and oxygen atoms in total. The van der Waals surface area contributed by atoms with E-state index in [1.807, 2.05) is 101 Å². The van der Waals surface area contributed by atoms with Crippen LogP contribution in [0.3, 0.4) is 0 Å². The third-order valence-electron chi connectivity index (χ3n) is 12.5. The first-order valence-corrected chi connectivity index (χ1v) is 30.0. The van der Waals surface area contributed by atoms with Crippen molar-refractivity contribution < 1.29 is 52.3 Å². The highest BCUT2D eigenvalue weighted by atomic mass is 28.3. The number of rotatable bonds is 20. The number of hydrogen-bond acceptors (Lipinski definition) is 14. The van der Waals surface area contributed by atoms with Gasteiger partial charge in [-0.2, -0.15) is 0 Å². The normalized spacial score (nSPS) is 19.0. The Morgan fingerprint density at radius 3 is 2.15 bits per heavy atom. The number of carbonyl (C=O) groups excluding carboxylic acids is 4. The number of aromatic nitrogens is 3. The molecule has 1 aliphatic heterocycles. The van der Waals surface area contributed by atoms with E-state index >= 15 is 0 Å². The number of anilines is 1. The predicted octanol–water partition coefficient (Wildman–Crippen LogP) is 11.0. The zero-order valence-corrected chi connectivity index (χ0v) is 48.1. The van der Waals surface area contributed by atoms with Gasteiger partial charge in [0, 0.05) is 53.4 Å². The Bertz CT molecular complexity index is 2570. The standard InChI is InChI=1S/C56H83N7O11Si/c1-53(2,3)72-49(64)43(59-50(65)73-54(4,5)6)26-29-61(27-20-28-62(52(67)68-31-32-75(13,14)15)35-38-21-19-24-41(33-38)69-40-22-17-16-18-23-40)36-39-34-44(46-45(39)70-56(10,11)71-46)63-30-25-42-47(57-37-58-48(42)63)60(12)51(66)74-55(7,8)9/h16-19,21-25,30,33,37,39,43-46H,20,26-29,31-32,34-36H2,1-15H3,(H,59,65)/t39-,43+,44-,45-,46+/m1/s1. The lowest BCUT2D eigenvalue weighted by Gasteiger charge is -2.31. The first-order chi connectivity index (χ1) is 34.9. The molecule has 2 aromatic carbocycles. The van der Waals surface area contributed by atoms with Crippen molar-refractivity contribution in [3.63, 3.8) is 0 Å². The van der Waals surface area contributed by atoms with Crippen molar-refractivity contribution in [2.24, 2.45) is 5.92 Å². The van der Waals surface area contributed by atoms with Gasteiger partial charge in [0.15, 0.2) is 11.6 Å². The molecule has 2 fully saturated rings. The molecule has 1 N–H and O–H groups in total. The van der Waals surface area contributed by atoms with Gasteiger partial charge in [0.05, 0.1) is 24.1 Å². The fourth-order valence-corrected chi connectivity index (χ4v) is 9.95. The molecule has 2 aromatic heterocycles. The maximum atomic E-state index is 14.0. The number of fused-ring (bicyclic) bond motifs is 2. The van der Waals surface area contributed by atoms with Crippen LogP contribution in [0.25, 0.3) is 11.0 Å². The van der Waals surface area contributed by atoms with Crippen LogP contribution in [0, 0.1) is 5.92 Å². The number of nitrogens with one attached hydrogen (secondary N) is 1. The minimum absolute atomic E-state index is 0.0845. The molecule has 6 rings (SSSR count). The lowest BCUT2D eigenvalue weighted by Crippen LogP contribution is -2.48. The summed E-state index contributed by atoms with van der Waals surface area (Å²) in [6, 6.07) is 18.8. The molecule has 2 aliphatic rings. The second-order valence-electron chi connectivity index (χ2n) is 24.4. The molecule has 19 heteroatoms. The van der Waals surface area contributed by atoms with E-state index < -0.39 is 61.0 Å². The van der Waals surface area contributed by atoms with Gasteiger partial charge in [-0.1, -0.05) is 50.0 Å². The maximum absolute atomic E-state index is 14.0. The van der Waals surface area contributed by atoms with Gasteiger partial charge in [-0.05, 0) is 144 Å². The summed E-state index contributed by atoms with van der Waals surface area (Å²) in [5.74, 6) is 0.219. The Morgan fingerprint density at radius 2 is 1.48 bits per heavy atom. The Morgan fingerprint density at radius 1 is 0.813 bits per heavy atom. The van der Waals surface area contributed by atoms with E-state index in [4.69, 9.17) is 38.1 Å². The highest BCUT2D eigenvalue weighted by Gasteiger charge is 2.55. The summed E-state index contributed by atoms with van der Waals surface area (Å²) in [5.41, 5.74) is -0.803. The van der Waals surface area contributed by atoms with Crippen LogP contribution in [-0.4, -0.2) is 137 Å². The van der Waals surface area contributed by atoms with Gasteiger partial charge >= 0.3 is 24.2 Å². The van der Waals surface area contributed by atoms with Gasteiger partial charge < -0.3 is 52.8 Å². The van der Waals surface area contributed by atoms with Crippen molar-refractivity contribution in [2.45, 2.75) is 175 Å². The molecule has 0 unspecified atom stereocenters. The van der Waals surface area contributed by atoms with Crippen molar-refractivity contribution in [3.8, 4) is 11.5 Å². The molecule has 1 saturated heterocycles. The number of hydrogen-bond donors (Lipinski definition) is 1. The van der Waals surface area contributed by atoms with Crippen molar-refractivity contribution >= 4 is 49.2 Å². The second-order valence-corrected chi connectivity index (χ2v) is 30.0. The van der Waals surface area contributed by atoms with Crippen LogP contribution in [0.5, 0.6) is 11.5 Å². The Labute approximate surface area is 445 Å². The first kappa shape index (κ1) is 58.5. The second kappa shape index (κ2) is 24.1. The van der Waals surface area contributed by atoms with E-state index in [1.165, 1.54) is 11.2 Å². The van der Waals surface area contributed by atoms with Crippen molar-refractivity contribution in [1.82, 2.24) is 29.7 Å². The molecule has 4 aromatic rings. The molecule has 75 heavy (non-hydrogen) atoms. The number of alkyl carbamates (subject to hydrolysis) is 1. The minimum atomic E-state index is -1.50. The molecule has 0 radical (unpaired) electrons. The van der Waals surface area contributed by atoms with Crippen molar-refractivity contribution in [3.05, 3.63) is 78.8 Å². The van der Waals surface area contributed by atoms with Crippen molar-refractivity contribution in [1.29, 1.82) is 0 Å². The van der Waals surface area contributed by atoms with E-state index in [9.17, 15) is 19.2 Å². The third-order valence-corrected chi connectivity index (χ3v) is 14.2. The highest BCUT2D eigenvalue weighted by Crippen LogP contribution is 2.48. The van der Waals surface area contributed by atoms with Gasteiger partial charge in [0.1, 0.15) is 52.4 Å². The fourth-order valence-electron chi connectivity index (χ4n) is 9.23. The van der Waals surface area contributed by atoms with E-state index in [1.54, 1.807) is 53.5 Å². The van der Waals surface area contributed by atoms with Crippen molar-refractivity contribution in [2.75, 3.05) is 44.7 Å². The summed E-state index contributed by atoms with van der Waals surface area (Å²) in [7, 11) is 0.128. The number of nitrogens with zero attached hydrogens (tertiary/aromatic N) is 6. The van der Waals surface area contributed by atoms with E-state index in [-0.39, 0.29) is 37.1 Å². The molecule has 3 heterocycles. The molecule has 5 atom stereocenters. The summed E-state index contributed by atoms with van der Waals surface area (Å²) < 4.78 is 44.8. The van der Waals surface area contributed by atoms with Crippen LogP contribution in [0.2, 0.25) is 25.7 Å². The number of esters is 1. The topological polar surface area (TPSA) is 185 Å². The Kier molecular flexibility index (Phi) is 18.8. The first-order valence-electron chi connectivity index (χ1n) is 26.2. The minimum Gasteiger partial charge on any atom is -0.458 e. The van der Waals surface area contributed by atoms with Crippen LogP contribution in [0.4, 0.5) is 20.2 Å². The van der Waals surface area contributed by atoms with E-state index in [0.717, 1.165) is 11.6 Å². The number of carbonyl (C=O) groups is 4. The number of ether oxygens (including phenoxy) is 7. The molecule has 0 spiro atoms. The predicted molar refractivity (Wildman–Crippen MR) is 291 cm³/mol. The molecular formula is C56H83N7O11Si. The lowest BCUT2D eigenvalue weighted by molar-refractivity contribution is -0.161. The van der Waals surface area contributed by atoms with E-state index in [2.05, 4.69) is 39.4 Å². The summed E-state index contributed by atoms with van der Waals surface area (Å²) in [5, 5.41) is 3.48. The molecule has 1 saturated carbocycles. The quantitative estimate of drug-likeness (QED) is 0.0501. The summed E-state index contributed by atoms with van der Waals surface area (Å²) >= 11 is 0. The maximum Gasteiger partial charge on any atom is 0.415 e. The highest BCUT2D eigenvalue weighted by molar-refractivity contribution is 6.76. The smallest absolute Gasteiger partial charge is 0.415 e. The van der Waals surface area contributed by atoms with E-state index in [0.29, 0.717) is 74.0 Å². The zero-order chi connectivity index (χ0) is 55.1. The molecule has 412 valence electrons. The monoisotopic (exact) mass is 1060 g/mol. The van der Waals surface area contributed by atoms with Gasteiger partial charge in [-0.3, -0.25) is 4.90 Å². The Balaban J connectivity index is 1.29. The summed E-state index contributed by atoms with van der Waals surface area (Å²) in [6.07, 6.45) is 2.42. The van der Waals surface area contributed by atoms with Crippen LogP contribution in [0.1, 0.15) is 107 Å². The fraction of sp³-hybridized carbons (Fsp3) is 0.607. The number of amides is 3. The summed E-state index contributed by atoms with van der Waals surface area (Å²) in [4.78, 5) is 69.0. The molecule has 3 amide bonds. The third kappa shape index (κ3) is 17.7. The Hall–Kier alpha value is -5.76. The average molecular weight is 1060 g/mol. The van der Waals surface area contributed by atoms with Crippen LogP contribution >= 0.6 is 0 Å². The summed E-state index contributed by atoms with van der Waals surface area (Å²) in [6.45, 7) is 29.0. The SMILES string of the molecule is CN(C(=O)OC(C)(C)C)c1ncnc2c1ccn2[C@@H]1C[C@H](CN(CCCN(Cc2cccc(Oc3ccccc3)c2)C(=O)OCC[Si](C)(C)C)CC[C@H](NC(=O)OC(C)(C)C)C(=O)OC(C)(C)C)[C@H]2OC(C)(C)O[C@H]21. The average Bonchev–Trinajstić information content (AvgIpc) is 3.95. The largest absolute Gasteiger partial charge is 0.458 e.